The highest BCUT2D eigenvalue weighted by Gasteiger charge is 2.17. The predicted octanol–water partition coefficient (Wildman–Crippen LogP) is 7.37. The summed E-state index contributed by atoms with van der Waals surface area (Å²) in [5.74, 6) is 2.74. The van der Waals surface area contributed by atoms with Gasteiger partial charge in [-0.25, -0.2) is 16.8 Å². The van der Waals surface area contributed by atoms with Gasteiger partial charge in [0.1, 0.15) is 23.0 Å². The van der Waals surface area contributed by atoms with E-state index < -0.39 is 19.1 Å². The fraction of sp³-hybridized carbons (Fsp3) is 0.333. The van der Waals surface area contributed by atoms with E-state index in [1.165, 1.54) is 38.9 Å². The Morgan fingerprint density at radius 2 is 0.960 bits per heavy atom. The van der Waals surface area contributed by atoms with Gasteiger partial charge in [-0.3, -0.25) is 4.72 Å². The molecule has 4 rings (SSSR count). The highest BCUT2D eigenvalue weighted by atomic mass is 35.7. The summed E-state index contributed by atoms with van der Waals surface area (Å²) in [5.41, 5.74) is 7.86. The molecule has 0 unspecified atom stereocenters. The van der Waals surface area contributed by atoms with Gasteiger partial charge in [-0.15, -0.1) is 0 Å². The second-order valence-corrected chi connectivity index (χ2v) is 14.6. The second-order valence-electron chi connectivity index (χ2n) is 10.4. The van der Waals surface area contributed by atoms with E-state index in [4.69, 9.17) is 35.4 Å². The summed E-state index contributed by atoms with van der Waals surface area (Å²) in [6, 6.07) is 23.4. The van der Waals surface area contributed by atoms with Crippen LogP contribution in [0.5, 0.6) is 23.0 Å². The zero-order chi connectivity index (χ0) is 37.9. The van der Waals surface area contributed by atoms with Crippen molar-refractivity contribution in [2.45, 2.75) is 44.4 Å². The Morgan fingerprint density at radius 1 is 0.600 bits per heavy atom. The molecule has 0 saturated carbocycles. The van der Waals surface area contributed by atoms with Crippen LogP contribution in [0.1, 0.15) is 31.9 Å². The molecular formula is C36H50ClN3O8S2. The van der Waals surface area contributed by atoms with Gasteiger partial charge in [0.2, 0.25) is 0 Å². The van der Waals surface area contributed by atoms with Crippen molar-refractivity contribution in [2.75, 3.05) is 58.5 Å². The summed E-state index contributed by atoms with van der Waals surface area (Å²) in [6.45, 7) is 13.5. The van der Waals surface area contributed by atoms with Crippen LogP contribution in [0.2, 0.25) is 0 Å². The second kappa shape index (κ2) is 21.8. The largest absolute Gasteiger partial charge is 0.497 e. The molecular weight excluding hydrogens is 702 g/mol. The van der Waals surface area contributed by atoms with Crippen molar-refractivity contribution in [2.24, 2.45) is 0 Å². The van der Waals surface area contributed by atoms with Gasteiger partial charge < -0.3 is 29.6 Å². The van der Waals surface area contributed by atoms with Crippen LogP contribution < -0.4 is 29.4 Å². The van der Waals surface area contributed by atoms with E-state index in [-0.39, 0.29) is 9.79 Å². The number of sulfonamides is 1. The van der Waals surface area contributed by atoms with Crippen LogP contribution >= 0.6 is 10.7 Å². The van der Waals surface area contributed by atoms with Gasteiger partial charge in [0.05, 0.1) is 38.2 Å². The van der Waals surface area contributed by atoms with E-state index in [0.717, 1.165) is 11.4 Å². The highest BCUT2D eigenvalue weighted by molar-refractivity contribution is 8.13. The molecule has 4 aromatic carbocycles. The van der Waals surface area contributed by atoms with Gasteiger partial charge >= 0.3 is 0 Å². The minimum absolute atomic E-state index is 0.120. The molecule has 50 heavy (non-hydrogen) atoms. The van der Waals surface area contributed by atoms with Crippen molar-refractivity contribution in [1.82, 2.24) is 4.90 Å². The molecule has 0 radical (unpaired) electrons. The SMILES string of the molecule is CCN(CC)CC.COc1ccc(N)cc1.COc1ccc(NS(=O)(=O)c2ccc(OC)cc2C)cc1.COc1ccc(S(=O)(=O)Cl)c(C)c1. The number of hydrogen-bond donors (Lipinski definition) is 2. The molecule has 0 atom stereocenters. The monoisotopic (exact) mass is 751 g/mol. The Labute approximate surface area is 302 Å². The van der Waals surface area contributed by atoms with Crippen molar-refractivity contribution >= 4 is 41.1 Å². The number of nitrogen functional groups attached to an aromatic ring is 1. The summed E-state index contributed by atoms with van der Waals surface area (Å²) in [5, 5.41) is 0. The molecule has 0 amide bonds. The van der Waals surface area contributed by atoms with Gasteiger partial charge in [-0.1, -0.05) is 20.8 Å². The quantitative estimate of drug-likeness (QED) is 0.118. The minimum Gasteiger partial charge on any atom is -0.497 e. The normalized spacial score (nSPS) is 10.6. The number of methoxy groups -OCH3 is 4. The number of benzene rings is 4. The number of nitrogens with zero attached hydrogens (tertiary/aromatic N) is 1. The van der Waals surface area contributed by atoms with Crippen molar-refractivity contribution in [3.05, 3.63) is 96.1 Å². The Bertz CT molecular complexity index is 1800. The summed E-state index contributed by atoms with van der Waals surface area (Å²) in [6.07, 6.45) is 0. The van der Waals surface area contributed by atoms with E-state index in [0.29, 0.717) is 34.1 Å². The first-order chi connectivity index (χ1) is 23.6. The third-order valence-electron chi connectivity index (χ3n) is 7.12. The summed E-state index contributed by atoms with van der Waals surface area (Å²) >= 11 is 0. The van der Waals surface area contributed by atoms with Crippen LogP contribution in [0.15, 0.2) is 94.7 Å². The molecule has 0 aliphatic rings. The molecule has 0 aliphatic heterocycles. The zero-order valence-corrected chi connectivity index (χ0v) is 32.6. The first-order valence-corrected chi connectivity index (χ1v) is 19.4. The number of aryl methyl sites for hydroxylation is 2. The number of ether oxygens (including phenoxy) is 4. The maximum atomic E-state index is 12.4. The third kappa shape index (κ3) is 15.2. The maximum Gasteiger partial charge on any atom is 0.262 e. The van der Waals surface area contributed by atoms with Crippen LogP contribution in [0, 0.1) is 13.8 Å². The van der Waals surface area contributed by atoms with Crippen molar-refractivity contribution in [3.8, 4) is 23.0 Å². The molecule has 0 aromatic heterocycles. The molecule has 0 bridgehead atoms. The lowest BCUT2D eigenvalue weighted by molar-refractivity contribution is 0.321. The Hall–Kier alpha value is -4.17. The molecule has 14 heteroatoms. The number of hydrogen-bond acceptors (Lipinski definition) is 10. The standard InChI is InChI=1S/C15H17NO4S.C8H9ClO3S.C7H9NO.C6H15N/c1-11-10-14(20-3)8-9-15(11)21(17,18)16-12-4-6-13(19-2)7-5-12;1-6-5-7(12-2)3-4-8(6)13(9,10)11;1-9-7-4-2-6(8)3-5-7;1-4-7(5-2)6-3/h4-10,16H,1-3H3;3-5H,1-2H3;2-5H,8H2,1H3;4-6H2,1-3H3. The number of rotatable bonds is 11. The summed E-state index contributed by atoms with van der Waals surface area (Å²) in [4.78, 5) is 2.72. The predicted molar refractivity (Wildman–Crippen MR) is 203 cm³/mol. The van der Waals surface area contributed by atoms with Crippen LogP contribution in [0.25, 0.3) is 0 Å². The molecule has 0 spiro atoms. The van der Waals surface area contributed by atoms with E-state index >= 15 is 0 Å². The molecule has 11 nitrogen and oxygen atoms in total. The zero-order valence-electron chi connectivity index (χ0n) is 30.2. The molecule has 3 N–H and O–H groups in total. The molecule has 276 valence electrons. The Balaban J connectivity index is 0.000000367. The highest BCUT2D eigenvalue weighted by Crippen LogP contribution is 2.25. The van der Waals surface area contributed by atoms with E-state index in [1.54, 1.807) is 95.8 Å². The number of halogens is 1. The first kappa shape index (κ1) is 43.9. The average Bonchev–Trinajstić information content (AvgIpc) is 3.09. The molecule has 4 aromatic rings. The fourth-order valence-electron chi connectivity index (χ4n) is 4.22. The first-order valence-electron chi connectivity index (χ1n) is 15.6. The Morgan fingerprint density at radius 3 is 1.28 bits per heavy atom. The number of anilines is 2. The van der Waals surface area contributed by atoms with Crippen LogP contribution in [0.4, 0.5) is 11.4 Å². The number of nitrogens with two attached hydrogens (primary N) is 1. The summed E-state index contributed by atoms with van der Waals surface area (Å²) < 4.78 is 69.2. The average molecular weight is 752 g/mol. The van der Waals surface area contributed by atoms with Crippen molar-refractivity contribution < 1.29 is 35.8 Å². The minimum atomic E-state index is -3.64. The van der Waals surface area contributed by atoms with Gasteiger partial charge in [0.15, 0.2) is 0 Å². The van der Waals surface area contributed by atoms with E-state index in [1.807, 2.05) is 12.1 Å². The van der Waals surface area contributed by atoms with Gasteiger partial charge in [-0.2, -0.15) is 0 Å². The smallest absolute Gasteiger partial charge is 0.262 e. The lowest BCUT2D eigenvalue weighted by Crippen LogP contribution is -2.21. The van der Waals surface area contributed by atoms with Gasteiger partial charge in [0.25, 0.3) is 19.1 Å². The van der Waals surface area contributed by atoms with Crippen LogP contribution in [-0.4, -0.2) is 69.8 Å². The number of nitrogens with one attached hydrogen (secondary N) is 1. The molecule has 0 saturated heterocycles. The van der Waals surface area contributed by atoms with Crippen LogP contribution in [-0.2, 0) is 19.1 Å². The topological polar surface area (TPSA) is 146 Å². The lowest BCUT2D eigenvalue weighted by atomic mass is 10.2. The molecule has 0 heterocycles. The fourth-order valence-corrected chi connectivity index (χ4v) is 6.70. The van der Waals surface area contributed by atoms with Gasteiger partial charge in [0, 0.05) is 22.1 Å². The van der Waals surface area contributed by atoms with Crippen LogP contribution in [0.3, 0.4) is 0 Å². The summed E-state index contributed by atoms with van der Waals surface area (Å²) in [7, 11) is 4.16. The van der Waals surface area contributed by atoms with Gasteiger partial charge in [-0.05, 0) is 130 Å². The Kier molecular flexibility index (Phi) is 19.1. The molecule has 0 aliphatic carbocycles. The molecule has 0 fully saturated rings. The lowest BCUT2D eigenvalue weighted by Gasteiger charge is -2.13. The van der Waals surface area contributed by atoms with E-state index in [9.17, 15) is 16.8 Å². The van der Waals surface area contributed by atoms with Crippen molar-refractivity contribution in [1.29, 1.82) is 0 Å². The third-order valence-corrected chi connectivity index (χ3v) is 10.1. The van der Waals surface area contributed by atoms with E-state index in [2.05, 4.69) is 30.4 Å². The maximum absolute atomic E-state index is 12.4. The van der Waals surface area contributed by atoms with Crippen molar-refractivity contribution in [3.63, 3.8) is 0 Å².